The molecular formula is C24H18BrClO3. The number of furan rings is 1. The van der Waals surface area contributed by atoms with Gasteiger partial charge in [-0.1, -0.05) is 57.9 Å². The SMILES string of the molecule is O=C(c1ccc(OCCCBr)cc1)c1c(-c2ccccc2)oc2ccc(Cl)cc12. The summed E-state index contributed by atoms with van der Waals surface area (Å²) in [4.78, 5) is 13.4. The van der Waals surface area contributed by atoms with Crippen LogP contribution in [-0.4, -0.2) is 17.7 Å². The van der Waals surface area contributed by atoms with Gasteiger partial charge in [0, 0.05) is 26.9 Å². The molecular weight excluding hydrogens is 452 g/mol. The monoisotopic (exact) mass is 468 g/mol. The summed E-state index contributed by atoms with van der Waals surface area (Å²) in [6, 6.07) is 22.2. The molecule has 0 unspecified atom stereocenters. The first kappa shape index (κ1) is 19.7. The van der Waals surface area contributed by atoms with E-state index in [0.717, 1.165) is 23.1 Å². The molecule has 0 atom stereocenters. The maximum absolute atomic E-state index is 13.4. The van der Waals surface area contributed by atoms with Crippen LogP contribution in [0.2, 0.25) is 5.02 Å². The Kier molecular flexibility index (Phi) is 6.02. The molecule has 1 aromatic heterocycles. The van der Waals surface area contributed by atoms with Gasteiger partial charge in [-0.25, -0.2) is 0 Å². The molecule has 0 saturated carbocycles. The zero-order chi connectivity index (χ0) is 20.2. The smallest absolute Gasteiger partial charge is 0.197 e. The molecule has 3 aromatic carbocycles. The average Bonchev–Trinajstić information content (AvgIpc) is 3.13. The fourth-order valence-corrected chi connectivity index (χ4v) is 3.58. The Labute approximate surface area is 182 Å². The van der Waals surface area contributed by atoms with Crippen molar-refractivity contribution in [3.63, 3.8) is 0 Å². The molecule has 0 aliphatic heterocycles. The summed E-state index contributed by atoms with van der Waals surface area (Å²) in [5, 5.41) is 2.16. The lowest BCUT2D eigenvalue weighted by Gasteiger charge is -2.07. The van der Waals surface area contributed by atoms with Gasteiger partial charge >= 0.3 is 0 Å². The standard InChI is InChI=1S/C24H18BrClO3/c25-13-4-14-28-19-10-7-16(8-11-19)23(27)22-20-15-18(26)9-12-21(20)29-24(22)17-5-2-1-3-6-17/h1-3,5-12,15H,4,13-14H2. The van der Waals surface area contributed by atoms with Gasteiger partial charge in [0.05, 0.1) is 12.2 Å². The number of hydrogen-bond acceptors (Lipinski definition) is 3. The second kappa shape index (κ2) is 8.85. The molecule has 0 spiro atoms. The molecule has 3 nitrogen and oxygen atoms in total. The zero-order valence-electron chi connectivity index (χ0n) is 15.5. The Morgan fingerprint density at radius 1 is 1.00 bits per heavy atom. The minimum Gasteiger partial charge on any atom is -0.494 e. The molecule has 146 valence electrons. The van der Waals surface area contributed by atoms with E-state index in [4.69, 9.17) is 20.8 Å². The van der Waals surface area contributed by atoms with Gasteiger partial charge in [-0.3, -0.25) is 4.79 Å². The first-order valence-corrected chi connectivity index (χ1v) is 10.8. The van der Waals surface area contributed by atoms with E-state index < -0.39 is 0 Å². The van der Waals surface area contributed by atoms with E-state index in [0.29, 0.717) is 39.5 Å². The number of ketones is 1. The molecule has 5 heteroatoms. The van der Waals surface area contributed by atoms with Crippen molar-refractivity contribution in [2.24, 2.45) is 0 Å². The molecule has 0 amide bonds. The highest BCUT2D eigenvalue weighted by atomic mass is 79.9. The van der Waals surface area contributed by atoms with E-state index >= 15 is 0 Å². The van der Waals surface area contributed by atoms with Crippen molar-refractivity contribution in [2.45, 2.75) is 6.42 Å². The lowest BCUT2D eigenvalue weighted by molar-refractivity contribution is 0.104. The number of ether oxygens (including phenoxy) is 1. The van der Waals surface area contributed by atoms with E-state index in [9.17, 15) is 4.79 Å². The molecule has 1 heterocycles. The Hall–Kier alpha value is -2.56. The van der Waals surface area contributed by atoms with E-state index in [1.165, 1.54) is 0 Å². The van der Waals surface area contributed by atoms with E-state index in [2.05, 4.69) is 15.9 Å². The fraction of sp³-hybridized carbons (Fsp3) is 0.125. The molecule has 0 radical (unpaired) electrons. The van der Waals surface area contributed by atoms with Crippen LogP contribution < -0.4 is 4.74 Å². The van der Waals surface area contributed by atoms with Gasteiger partial charge in [-0.15, -0.1) is 0 Å². The second-order valence-corrected chi connectivity index (χ2v) is 7.79. The summed E-state index contributed by atoms with van der Waals surface area (Å²) in [5.41, 5.74) is 2.56. The summed E-state index contributed by atoms with van der Waals surface area (Å²) in [7, 11) is 0. The number of hydrogen-bond donors (Lipinski definition) is 0. The quantitative estimate of drug-likeness (QED) is 0.164. The van der Waals surface area contributed by atoms with Crippen LogP contribution in [0.4, 0.5) is 0 Å². The summed E-state index contributed by atoms with van der Waals surface area (Å²) < 4.78 is 11.7. The van der Waals surface area contributed by atoms with Crippen LogP contribution >= 0.6 is 27.5 Å². The van der Waals surface area contributed by atoms with Crippen LogP contribution in [0.15, 0.2) is 77.2 Å². The number of rotatable bonds is 7. The van der Waals surface area contributed by atoms with Gasteiger partial charge < -0.3 is 9.15 Å². The van der Waals surface area contributed by atoms with Crippen molar-refractivity contribution in [1.82, 2.24) is 0 Å². The highest BCUT2D eigenvalue weighted by molar-refractivity contribution is 9.09. The molecule has 0 aliphatic carbocycles. The minimum absolute atomic E-state index is 0.114. The first-order chi connectivity index (χ1) is 14.2. The normalized spacial score (nSPS) is 11.0. The number of halogens is 2. The van der Waals surface area contributed by atoms with Crippen molar-refractivity contribution >= 4 is 44.3 Å². The third-order valence-electron chi connectivity index (χ3n) is 4.58. The van der Waals surface area contributed by atoms with Crippen LogP contribution in [0, 0.1) is 0 Å². The van der Waals surface area contributed by atoms with Gasteiger partial charge in [0.1, 0.15) is 17.1 Å². The predicted molar refractivity (Wildman–Crippen MR) is 120 cm³/mol. The Balaban J connectivity index is 1.76. The average molecular weight is 470 g/mol. The third kappa shape index (κ3) is 4.24. The lowest BCUT2D eigenvalue weighted by Crippen LogP contribution is -2.03. The van der Waals surface area contributed by atoms with Gasteiger partial charge in [-0.05, 0) is 48.9 Å². The molecule has 0 N–H and O–H groups in total. The fourth-order valence-electron chi connectivity index (χ4n) is 3.18. The van der Waals surface area contributed by atoms with Gasteiger partial charge in [-0.2, -0.15) is 0 Å². The van der Waals surface area contributed by atoms with Crippen LogP contribution in [0.5, 0.6) is 5.75 Å². The molecule has 0 aliphatic rings. The number of carbonyl (C=O) groups is 1. The number of carbonyl (C=O) groups excluding carboxylic acids is 1. The number of alkyl halides is 1. The summed E-state index contributed by atoms with van der Waals surface area (Å²) in [6.07, 6.45) is 0.920. The Bertz CT molecular complexity index is 1130. The van der Waals surface area contributed by atoms with Crippen molar-refractivity contribution in [3.8, 4) is 17.1 Å². The molecule has 0 bridgehead atoms. The Morgan fingerprint density at radius 3 is 2.48 bits per heavy atom. The summed E-state index contributed by atoms with van der Waals surface area (Å²) >= 11 is 9.59. The molecule has 0 fully saturated rings. The van der Waals surface area contributed by atoms with E-state index in [1.54, 1.807) is 30.3 Å². The molecule has 29 heavy (non-hydrogen) atoms. The highest BCUT2D eigenvalue weighted by Crippen LogP contribution is 2.36. The van der Waals surface area contributed by atoms with Crippen LogP contribution in [0.3, 0.4) is 0 Å². The van der Waals surface area contributed by atoms with Gasteiger partial charge in [0.15, 0.2) is 5.78 Å². The van der Waals surface area contributed by atoms with E-state index in [1.807, 2.05) is 42.5 Å². The maximum atomic E-state index is 13.4. The van der Waals surface area contributed by atoms with Crippen molar-refractivity contribution in [2.75, 3.05) is 11.9 Å². The summed E-state index contributed by atoms with van der Waals surface area (Å²) in [5.74, 6) is 1.17. The van der Waals surface area contributed by atoms with Crippen molar-refractivity contribution in [1.29, 1.82) is 0 Å². The molecule has 0 saturated heterocycles. The largest absolute Gasteiger partial charge is 0.494 e. The Morgan fingerprint density at radius 2 is 1.76 bits per heavy atom. The van der Waals surface area contributed by atoms with Crippen LogP contribution in [0.1, 0.15) is 22.3 Å². The maximum Gasteiger partial charge on any atom is 0.197 e. The minimum atomic E-state index is -0.114. The number of fused-ring (bicyclic) bond motifs is 1. The first-order valence-electron chi connectivity index (χ1n) is 9.28. The summed E-state index contributed by atoms with van der Waals surface area (Å²) in [6.45, 7) is 0.627. The van der Waals surface area contributed by atoms with Crippen LogP contribution in [-0.2, 0) is 0 Å². The third-order valence-corrected chi connectivity index (χ3v) is 5.37. The zero-order valence-corrected chi connectivity index (χ0v) is 17.9. The predicted octanol–water partition coefficient (Wildman–Crippen LogP) is 7.15. The molecule has 4 rings (SSSR count). The second-order valence-electron chi connectivity index (χ2n) is 6.56. The van der Waals surface area contributed by atoms with Crippen molar-refractivity contribution < 1.29 is 13.9 Å². The van der Waals surface area contributed by atoms with Gasteiger partial charge in [0.2, 0.25) is 0 Å². The lowest BCUT2D eigenvalue weighted by atomic mass is 9.97. The van der Waals surface area contributed by atoms with E-state index in [-0.39, 0.29) is 5.78 Å². The number of benzene rings is 3. The molecule has 4 aromatic rings. The van der Waals surface area contributed by atoms with Crippen LogP contribution in [0.25, 0.3) is 22.3 Å². The van der Waals surface area contributed by atoms with Gasteiger partial charge in [0.25, 0.3) is 0 Å². The van der Waals surface area contributed by atoms with Crippen molar-refractivity contribution in [3.05, 3.63) is 88.9 Å². The topological polar surface area (TPSA) is 39.4 Å². The highest BCUT2D eigenvalue weighted by Gasteiger charge is 2.23.